The van der Waals surface area contributed by atoms with Gasteiger partial charge >= 0.3 is 5.97 Å². The minimum absolute atomic E-state index is 0.0995. The highest BCUT2D eigenvalue weighted by molar-refractivity contribution is 7.90. The van der Waals surface area contributed by atoms with E-state index in [9.17, 15) is 13.2 Å². The fourth-order valence-electron chi connectivity index (χ4n) is 0.804. The predicted octanol–water partition coefficient (Wildman–Crippen LogP) is -1.58. The van der Waals surface area contributed by atoms with Gasteiger partial charge in [-0.05, 0) is 13.0 Å². The number of sulfone groups is 1. The van der Waals surface area contributed by atoms with Crippen LogP contribution in [0.15, 0.2) is 0 Å². The van der Waals surface area contributed by atoms with E-state index < -0.39 is 21.8 Å². The molecule has 1 atom stereocenters. The van der Waals surface area contributed by atoms with Gasteiger partial charge in [0.05, 0.1) is 5.75 Å². The van der Waals surface area contributed by atoms with Gasteiger partial charge in [-0.2, -0.15) is 0 Å². The van der Waals surface area contributed by atoms with Crippen LogP contribution in [-0.2, 0) is 14.6 Å². The Balaban J connectivity index is 3.44. The molecule has 0 spiro atoms. The molecular formula is C7H16N2O4S. The summed E-state index contributed by atoms with van der Waals surface area (Å²) in [5.74, 6) is -0.969. The fraction of sp³-hybridized carbons (Fsp3) is 0.857. The number of nitrogens with two attached hydrogens (primary N) is 1. The molecule has 4 N–H and O–H groups in total. The van der Waals surface area contributed by atoms with E-state index in [0.29, 0.717) is 13.0 Å². The number of nitrogens with one attached hydrogen (secondary N) is 1. The van der Waals surface area contributed by atoms with Crippen molar-refractivity contribution in [2.75, 3.05) is 25.1 Å². The maximum absolute atomic E-state index is 10.7. The molecule has 84 valence electrons. The summed E-state index contributed by atoms with van der Waals surface area (Å²) >= 11 is 0. The van der Waals surface area contributed by atoms with Crippen molar-refractivity contribution < 1.29 is 18.3 Å². The molecule has 7 heteroatoms. The summed E-state index contributed by atoms with van der Waals surface area (Å²) < 4.78 is 21.4. The van der Waals surface area contributed by atoms with Crippen molar-refractivity contribution in [1.82, 2.24) is 5.32 Å². The number of carboxylic acid groups (broad SMARTS) is 1. The van der Waals surface area contributed by atoms with Crippen molar-refractivity contribution in [3.63, 3.8) is 0 Å². The number of aliphatic carboxylic acids is 1. The lowest BCUT2D eigenvalue weighted by Crippen LogP contribution is -2.40. The maximum atomic E-state index is 10.7. The summed E-state index contributed by atoms with van der Waals surface area (Å²) in [4.78, 5) is 10.3. The van der Waals surface area contributed by atoms with Gasteiger partial charge in [-0.25, -0.2) is 8.42 Å². The smallest absolute Gasteiger partial charge is 0.321 e. The average Bonchev–Trinajstić information content (AvgIpc) is 2.01. The lowest BCUT2D eigenvalue weighted by molar-refractivity contribution is -0.138. The Morgan fingerprint density at radius 2 is 2.14 bits per heavy atom. The van der Waals surface area contributed by atoms with Crippen LogP contribution < -0.4 is 11.1 Å². The molecule has 0 aliphatic rings. The van der Waals surface area contributed by atoms with E-state index in [1.807, 2.05) is 0 Å². The Kier molecular flexibility index (Phi) is 5.66. The van der Waals surface area contributed by atoms with Crippen molar-refractivity contribution in [2.45, 2.75) is 12.5 Å². The number of carbonyl (C=O) groups is 1. The van der Waals surface area contributed by atoms with Crippen molar-refractivity contribution in [2.24, 2.45) is 5.73 Å². The standard InChI is InChI=1S/C7H16N2O4S/c1-14(12,13)4-2-3-9-5-6(8)7(10)11/h6,9H,2-5,8H2,1H3,(H,10,11). The molecule has 0 heterocycles. The van der Waals surface area contributed by atoms with Crippen molar-refractivity contribution in [3.8, 4) is 0 Å². The van der Waals surface area contributed by atoms with Crippen LogP contribution in [0.2, 0.25) is 0 Å². The van der Waals surface area contributed by atoms with Crippen LogP contribution in [-0.4, -0.2) is 50.6 Å². The van der Waals surface area contributed by atoms with Crippen molar-refractivity contribution in [1.29, 1.82) is 0 Å². The Bertz CT molecular complexity index is 275. The van der Waals surface area contributed by atoms with Crippen LogP contribution in [0.5, 0.6) is 0 Å². The molecule has 0 rings (SSSR count). The monoisotopic (exact) mass is 224 g/mol. The third-order valence-corrected chi connectivity index (χ3v) is 2.58. The Labute approximate surface area is 83.4 Å². The van der Waals surface area contributed by atoms with Gasteiger partial charge in [-0.1, -0.05) is 0 Å². The molecule has 0 aromatic heterocycles. The van der Waals surface area contributed by atoms with E-state index >= 15 is 0 Å². The first kappa shape index (κ1) is 13.3. The van der Waals surface area contributed by atoms with E-state index in [4.69, 9.17) is 10.8 Å². The SMILES string of the molecule is CS(=O)(=O)CCCNCC(N)C(=O)O. The Morgan fingerprint density at radius 1 is 1.57 bits per heavy atom. The molecule has 0 aromatic rings. The van der Waals surface area contributed by atoms with Crippen molar-refractivity contribution >= 4 is 15.8 Å². The quantitative estimate of drug-likeness (QED) is 0.450. The normalized spacial score (nSPS) is 13.9. The number of hydrogen-bond acceptors (Lipinski definition) is 5. The van der Waals surface area contributed by atoms with Gasteiger partial charge in [0, 0.05) is 12.8 Å². The van der Waals surface area contributed by atoms with Gasteiger partial charge in [-0.3, -0.25) is 4.79 Å². The summed E-state index contributed by atoms with van der Waals surface area (Å²) in [6.45, 7) is 0.604. The molecule has 0 aliphatic carbocycles. The molecule has 0 amide bonds. The molecule has 0 aromatic carbocycles. The molecule has 0 radical (unpaired) electrons. The summed E-state index contributed by atoms with van der Waals surface area (Å²) in [5.41, 5.74) is 5.20. The molecule has 0 saturated carbocycles. The van der Waals surface area contributed by atoms with E-state index in [2.05, 4.69) is 5.32 Å². The molecular weight excluding hydrogens is 208 g/mol. The van der Waals surface area contributed by atoms with Gasteiger partial charge in [0.2, 0.25) is 0 Å². The zero-order valence-electron chi connectivity index (χ0n) is 8.06. The second-order valence-electron chi connectivity index (χ2n) is 3.13. The first-order valence-electron chi connectivity index (χ1n) is 4.20. The first-order chi connectivity index (χ1) is 6.33. The van der Waals surface area contributed by atoms with E-state index in [1.165, 1.54) is 0 Å². The van der Waals surface area contributed by atoms with Crippen LogP contribution in [0.3, 0.4) is 0 Å². The van der Waals surface area contributed by atoms with Gasteiger partial charge in [0.25, 0.3) is 0 Å². The predicted molar refractivity (Wildman–Crippen MR) is 52.8 cm³/mol. The zero-order valence-corrected chi connectivity index (χ0v) is 8.88. The second kappa shape index (κ2) is 5.94. The van der Waals surface area contributed by atoms with Crippen LogP contribution in [0.1, 0.15) is 6.42 Å². The molecule has 6 nitrogen and oxygen atoms in total. The molecule has 14 heavy (non-hydrogen) atoms. The second-order valence-corrected chi connectivity index (χ2v) is 5.39. The Hall–Kier alpha value is -0.660. The van der Waals surface area contributed by atoms with E-state index in [-0.39, 0.29) is 12.3 Å². The summed E-state index contributed by atoms with van der Waals surface area (Å²) in [7, 11) is -2.93. The highest BCUT2D eigenvalue weighted by Gasteiger charge is 2.09. The molecule has 0 fully saturated rings. The van der Waals surface area contributed by atoms with Crippen LogP contribution >= 0.6 is 0 Å². The zero-order chi connectivity index (χ0) is 11.2. The average molecular weight is 224 g/mol. The van der Waals surface area contributed by atoms with Crippen molar-refractivity contribution in [3.05, 3.63) is 0 Å². The van der Waals surface area contributed by atoms with Gasteiger partial charge < -0.3 is 16.2 Å². The Morgan fingerprint density at radius 3 is 2.57 bits per heavy atom. The number of carboxylic acids is 1. The van der Waals surface area contributed by atoms with Crippen LogP contribution in [0.4, 0.5) is 0 Å². The van der Waals surface area contributed by atoms with E-state index in [1.54, 1.807) is 0 Å². The van der Waals surface area contributed by atoms with E-state index in [0.717, 1.165) is 6.26 Å². The highest BCUT2D eigenvalue weighted by atomic mass is 32.2. The largest absolute Gasteiger partial charge is 0.480 e. The summed E-state index contributed by atoms with van der Waals surface area (Å²) in [6, 6.07) is -0.937. The molecule has 0 aliphatic heterocycles. The third kappa shape index (κ3) is 7.96. The van der Waals surface area contributed by atoms with Crippen LogP contribution in [0, 0.1) is 0 Å². The molecule has 0 saturated heterocycles. The summed E-state index contributed by atoms with van der Waals surface area (Å²) in [5, 5.41) is 11.2. The van der Waals surface area contributed by atoms with Crippen LogP contribution in [0.25, 0.3) is 0 Å². The first-order valence-corrected chi connectivity index (χ1v) is 6.26. The number of hydrogen-bond donors (Lipinski definition) is 3. The van der Waals surface area contributed by atoms with Gasteiger partial charge in [-0.15, -0.1) is 0 Å². The van der Waals surface area contributed by atoms with Gasteiger partial charge in [0.15, 0.2) is 0 Å². The lowest BCUT2D eigenvalue weighted by atomic mass is 10.3. The number of rotatable bonds is 7. The minimum atomic E-state index is -2.93. The molecule has 1 unspecified atom stereocenters. The molecule has 0 bridgehead atoms. The summed E-state index contributed by atoms with van der Waals surface area (Å²) in [6.07, 6.45) is 1.63. The highest BCUT2D eigenvalue weighted by Crippen LogP contribution is 1.87. The third-order valence-electron chi connectivity index (χ3n) is 1.55. The minimum Gasteiger partial charge on any atom is -0.480 e. The maximum Gasteiger partial charge on any atom is 0.321 e. The van der Waals surface area contributed by atoms with Gasteiger partial charge in [0.1, 0.15) is 15.9 Å². The topological polar surface area (TPSA) is 109 Å². The fourth-order valence-corrected chi connectivity index (χ4v) is 1.47. The lowest BCUT2D eigenvalue weighted by Gasteiger charge is -2.07.